The van der Waals surface area contributed by atoms with Crippen molar-refractivity contribution in [3.8, 4) is 0 Å². The van der Waals surface area contributed by atoms with Gasteiger partial charge in [-0.2, -0.15) is 0 Å². The summed E-state index contributed by atoms with van der Waals surface area (Å²) in [4.78, 5) is 13.4. The molecule has 3 nitrogen and oxygen atoms in total. The quantitative estimate of drug-likeness (QED) is 0.641. The summed E-state index contributed by atoms with van der Waals surface area (Å²) in [6.07, 6.45) is 6.19. The average molecular weight is 323 g/mol. The van der Waals surface area contributed by atoms with E-state index in [2.05, 4.69) is 30.3 Å². The zero-order valence-electron chi connectivity index (χ0n) is 13.0. The van der Waals surface area contributed by atoms with Crippen molar-refractivity contribution in [2.75, 3.05) is 12.4 Å². The third-order valence-corrected chi connectivity index (χ3v) is 5.34. The van der Waals surface area contributed by atoms with Gasteiger partial charge in [0.2, 0.25) is 0 Å². The molecule has 120 valence electrons. The lowest BCUT2D eigenvalue weighted by Gasteiger charge is -2.35. The Kier molecular flexibility index (Phi) is 5.37. The van der Waals surface area contributed by atoms with E-state index in [1.54, 1.807) is 4.90 Å². The van der Waals surface area contributed by atoms with Crippen LogP contribution in [0.25, 0.3) is 0 Å². The molecule has 2 aliphatic heterocycles. The highest BCUT2D eigenvalue weighted by Gasteiger charge is 2.45. The number of nitrogens with one attached hydrogen (secondary N) is 1. The number of carbonyl (C=O) groups excluding carboxylic acids is 1. The van der Waals surface area contributed by atoms with E-state index >= 15 is 0 Å². The second-order valence-electron chi connectivity index (χ2n) is 6.55. The topological polar surface area (TPSA) is 30.7 Å². The van der Waals surface area contributed by atoms with Gasteiger partial charge >= 0.3 is 5.97 Å². The summed E-state index contributed by atoms with van der Waals surface area (Å²) < 4.78 is 5.59. The molecule has 1 aromatic rings. The summed E-state index contributed by atoms with van der Waals surface area (Å²) >= 11 is 5.60. The summed E-state index contributed by atoms with van der Waals surface area (Å²) in [6.45, 7) is 1.20. The van der Waals surface area contributed by atoms with Crippen molar-refractivity contribution in [2.45, 2.75) is 56.7 Å². The normalized spacial score (nSPS) is 30.2. The summed E-state index contributed by atoms with van der Waals surface area (Å²) in [5.41, 5.74) is 1.42. The van der Waals surface area contributed by atoms with Crippen LogP contribution in [-0.4, -0.2) is 36.6 Å². The Morgan fingerprint density at radius 2 is 1.86 bits per heavy atom. The maximum Gasteiger partial charge on any atom is 0.307 e. The van der Waals surface area contributed by atoms with Crippen molar-refractivity contribution in [3.05, 3.63) is 35.9 Å². The standard InChI is InChI=1S/C18H24ClNO2/c19-10-8-18(21)22-17-12-15-6-7-16(13-17)20(15)11-9-14-4-2-1-3-5-14/h1-5,15-17H,6-13H2/p+1. The molecule has 2 aliphatic rings. The molecular weight excluding hydrogens is 298 g/mol. The molecule has 1 aromatic carbocycles. The van der Waals surface area contributed by atoms with Crippen LogP contribution in [-0.2, 0) is 16.0 Å². The average Bonchev–Trinajstić information content (AvgIpc) is 2.76. The number of esters is 1. The predicted molar refractivity (Wildman–Crippen MR) is 87.2 cm³/mol. The van der Waals surface area contributed by atoms with Crippen molar-refractivity contribution >= 4 is 17.6 Å². The molecule has 3 rings (SSSR count). The van der Waals surface area contributed by atoms with Gasteiger partial charge in [-0.15, -0.1) is 11.6 Å². The minimum Gasteiger partial charge on any atom is -0.462 e. The van der Waals surface area contributed by atoms with Gasteiger partial charge in [-0.25, -0.2) is 0 Å². The van der Waals surface area contributed by atoms with Crippen molar-refractivity contribution in [3.63, 3.8) is 0 Å². The van der Waals surface area contributed by atoms with E-state index in [1.165, 1.54) is 24.9 Å². The first-order chi connectivity index (χ1) is 10.8. The third-order valence-electron chi connectivity index (χ3n) is 5.15. The van der Waals surface area contributed by atoms with Crippen molar-refractivity contribution in [1.82, 2.24) is 0 Å². The zero-order valence-corrected chi connectivity index (χ0v) is 13.7. The lowest BCUT2D eigenvalue weighted by atomic mass is 9.98. The fourth-order valence-corrected chi connectivity index (χ4v) is 4.29. The van der Waals surface area contributed by atoms with Gasteiger partial charge in [0.05, 0.1) is 25.0 Å². The van der Waals surface area contributed by atoms with Crippen LogP contribution in [0.4, 0.5) is 0 Å². The molecule has 2 atom stereocenters. The molecule has 0 saturated carbocycles. The van der Waals surface area contributed by atoms with Crippen LogP contribution >= 0.6 is 11.6 Å². The van der Waals surface area contributed by atoms with Crippen LogP contribution in [0.15, 0.2) is 30.3 Å². The molecule has 2 bridgehead atoms. The largest absolute Gasteiger partial charge is 0.462 e. The van der Waals surface area contributed by atoms with E-state index in [4.69, 9.17) is 16.3 Å². The van der Waals surface area contributed by atoms with Gasteiger partial charge in [0, 0.05) is 38.0 Å². The molecule has 2 unspecified atom stereocenters. The smallest absolute Gasteiger partial charge is 0.307 e. The molecule has 0 aromatic heterocycles. The SMILES string of the molecule is O=C(CCCl)OC1CC2CCC(C1)[NH+]2CCc1ccccc1. The van der Waals surface area contributed by atoms with Crippen LogP contribution < -0.4 is 4.90 Å². The molecule has 0 amide bonds. The Morgan fingerprint density at radius 3 is 2.50 bits per heavy atom. The fraction of sp³-hybridized carbons (Fsp3) is 0.611. The van der Waals surface area contributed by atoms with Crippen LogP contribution in [0.1, 0.15) is 37.7 Å². The van der Waals surface area contributed by atoms with Crippen LogP contribution in [0.5, 0.6) is 0 Å². The first kappa shape index (κ1) is 15.8. The first-order valence-corrected chi connectivity index (χ1v) is 8.94. The number of rotatable bonds is 6. The molecule has 2 saturated heterocycles. The molecule has 0 radical (unpaired) electrons. The third kappa shape index (κ3) is 3.82. The minimum atomic E-state index is -0.132. The Balaban J connectivity index is 1.51. The summed E-state index contributed by atoms with van der Waals surface area (Å²) in [6, 6.07) is 12.0. The van der Waals surface area contributed by atoms with E-state index < -0.39 is 0 Å². The highest BCUT2D eigenvalue weighted by atomic mass is 35.5. The fourth-order valence-electron chi connectivity index (χ4n) is 4.14. The number of halogens is 1. The second kappa shape index (κ2) is 7.47. The highest BCUT2D eigenvalue weighted by molar-refractivity contribution is 6.18. The van der Waals surface area contributed by atoms with Gasteiger partial charge in [-0.1, -0.05) is 30.3 Å². The Hall–Kier alpha value is -1.06. The number of fused-ring (bicyclic) bond motifs is 2. The predicted octanol–water partition coefficient (Wildman–Crippen LogP) is 1.98. The summed E-state index contributed by atoms with van der Waals surface area (Å²) in [7, 11) is 0. The Morgan fingerprint density at radius 1 is 1.18 bits per heavy atom. The van der Waals surface area contributed by atoms with E-state index in [0.717, 1.165) is 19.3 Å². The Labute approximate surface area is 137 Å². The van der Waals surface area contributed by atoms with E-state index in [1.807, 2.05) is 0 Å². The van der Waals surface area contributed by atoms with E-state index in [-0.39, 0.29) is 12.1 Å². The van der Waals surface area contributed by atoms with Crippen LogP contribution in [0.3, 0.4) is 0 Å². The number of piperidine rings is 1. The molecule has 4 heteroatoms. The highest BCUT2D eigenvalue weighted by Crippen LogP contribution is 2.25. The van der Waals surface area contributed by atoms with Gasteiger partial charge < -0.3 is 9.64 Å². The number of alkyl halides is 1. The van der Waals surface area contributed by atoms with Gasteiger partial charge in [0.1, 0.15) is 6.10 Å². The molecule has 0 spiro atoms. The van der Waals surface area contributed by atoms with Crippen molar-refractivity contribution < 1.29 is 14.4 Å². The Bertz CT molecular complexity index is 479. The van der Waals surface area contributed by atoms with Gasteiger partial charge in [0.25, 0.3) is 0 Å². The van der Waals surface area contributed by atoms with Crippen LogP contribution in [0, 0.1) is 0 Å². The number of hydrogen-bond acceptors (Lipinski definition) is 2. The van der Waals surface area contributed by atoms with Gasteiger partial charge in [0.15, 0.2) is 0 Å². The lowest BCUT2D eigenvalue weighted by Crippen LogP contribution is -3.18. The first-order valence-electron chi connectivity index (χ1n) is 8.41. The molecule has 2 heterocycles. The number of carbonyl (C=O) groups is 1. The number of benzene rings is 1. The number of hydrogen-bond donors (Lipinski definition) is 1. The minimum absolute atomic E-state index is 0.119. The lowest BCUT2D eigenvalue weighted by molar-refractivity contribution is -0.942. The van der Waals surface area contributed by atoms with Crippen molar-refractivity contribution in [1.29, 1.82) is 0 Å². The monoisotopic (exact) mass is 322 g/mol. The molecule has 1 N–H and O–H groups in total. The van der Waals surface area contributed by atoms with Gasteiger partial charge in [-0.3, -0.25) is 4.79 Å². The maximum absolute atomic E-state index is 11.6. The zero-order chi connectivity index (χ0) is 15.4. The molecular formula is C18H25ClNO2+. The second-order valence-corrected chi connectivity index (χ2v) is 6.93. The van der Waals surface area contributed by atoms with Gasteiger partial charge in [-0.05, 0) is 5.56 Å². The van der Waals surface area contributed by atoms with Crippen LogP contribution in [0.2, 0.25) is 0 Å². The van der Waals surface area contributed by atoms with E-state index in [9.17, 15) is 4.79 Å². The van der Waals surface area contributed by atoms with E-state index in [0.29, 0.717) is 24.4 Å². The summed E-state index contributed by atoms with van der Waals surface area (Å²) in [5, 5.41) is 0. The number of ether oxygens (including phenoxy) is 1. The molecule has 2 fully saturated rings. The molecule has 22 heavy (non-hydrogen) atoms. The molecule has 0 aliphatic carbocycles. The number of quaternary nitrogens is 1. The maximum atomic E-state index is 11.6. The van der Waals surface area contributed by atoms with Crippen molar-refractivity contribution in [2.24, 2.45) is 0 Å². The summed E-state index contributed by atoms with van der Waals surface area (Å²) in [5.74, 6) is 0.222.